The number of ether oxygens (including phenoxy) is 2. The van der Waals surface area contributed by atoms with Gasteiger partial charge in [-0.25, -0.2) is 0 Å². The molecule has 2 N–H and O–H groups in total. The number of benzene rings is 1. The van der Waals surface area contributed by atoms with Crippen molar-refractivity contribution in [2.45, 2.75) is 101 Å². The molecule has 8 rings (SSSR count). The molecule has 186 valence electrons. The molecule has 0 aromatic heterocycles. The largest absolute Gasteiger partial charge is 0.504 e. The number of phenols is 1. The molecule has 0 radical (unpaired) electrons. The zero-order chi connectivity index (χ0) is 23.9. The van der Waals surface area contributed by atoms with E-state index >= 15 is 0 Å². The quantitative estimate of drug-likeness (QED) is 0.687. The fraction of sp³-hybridized carbons (Fsp3) is 0.793. The van der Waals surface area contributed by atoms with E-state index in [4.69, 9.17) is 9.47 Å². The van der Waals surface area contributed by atoms with E-state index in [0.717, 1.165) is 44.6 Å². The smallest absolute Gasteiger partial charge is 0.165 e. The Bertz CT molecular complexity index is 1060. The predicted molar refractivity (Wildman–Crippen MR) is 130 cm³/mol. The van der Waals surface area contributed by atoms with Crippen LogP contribution in [0.4, 0.5) is 0 Å². The summed E-state index contributed by atoms with van der Waals surface area (Å²) >= 11 is 0. The molecule has 1 unspecified atom stereocenters. The Morgan fingerprint density at radius 3 is 2.59 bits per heavy atom. The van der Waals surface area contributed by atoms with Crippen molar-refractivity contribution in [3.8, 4) is 11.5 Å². The number of phenolic OH excluding ortho intramolecular Hbond substituents is 1. The molecule has 34 heavy (non-hydrogen) atoms. The lowest BCUT2D eigenvalue weighted by molar-refractivity contribution is -0.312. The van der Waals surface area contributed by atoms with Crippen molar-refractivity contribution in [1.29, 1.82) is 0 Å². The molecule has 1 aromatic carbocycles. The summed E-state index contributed by atoms with van der Waals surface area (Å²) in [7, 11) is 1.83. The van der Waals surface area contributed by atoms with Gasteiger partial charge < -0.3 is 19.7 Å². The van der Waals surface area contributed by atoms with E-state index in [1.807, 2.05) is 20.1 Å². The lowest BCUT2D eigenvalue weighted by Gasteiger charge is -2.75. The van der Waals surface area contributed by atoms with Crippen LogP contribution in [0.1, 0.15) is 77.3 Å². The normalized spacial score (nSPS) is 43.9. The molecule has 1 saturated heterocycles. The van der Waals surface area contributed by atoms with Crippen LogP contribution in [0, 0.1) is 22.7 Å². The summed E-state index contributed by atoms with van der Waals surface area (Å²) in [5, 5.41) is 23.2. The van der Waals surface area contributed by atoms with Crippen LogP contribution in [0.25, 0.3) is 0 Å². The first kappa shape index (κ1) is 21.9. The van der Waals surface area contributed by atoms with Crippen molar-refractivity contribution >= 4 is 0 Å². The number of hydrogen-bond donors (Lipinski definition) is 2. The van der Waals surface area contributed by atoms with Crippen LogP contribution in [-0.2, 0) is 16.6 Å². The van der Waals surface area contributed by atoms with E-state index in [1.54, 1.807) is 0 Å². The van der Waals surface area contributed by atoms with Gasteiger partial charge in [-0.1, -0.05) is 26.8 Å². The van der Waals surface area contributed by atoms with Gasteiger partial charge in [0.25, 0.3) is 0 Å². The number of aliphatic hydroxyl groups is 1. The number of likely N-dealkylation sites (tertiary alicyclic amines) is 1. The van der Waals surface area contributed by atoms with Gasteiger partial charge in [0.1, 0.15) is 11.7 Å². The van der Waals surface area contributed by atoms with Crippen molar-refractivity contribution in [3.05, 3.63) is 23.3 Å². The Labute approximate surface area is 203 Å². The minimum atomic E-state index is -0.909. The lowest BCUT2D eigenvalue weighted by atomic mass is 9.33. The number of rotatable bonds is 4. The number of piperidine rings is 1. The summed E-state index contributed by atoms with van der Waals surface area (Å²) in [5.41, 5.74) is 0.783. The van der Waals surface area contributed by atoms with Crippen molar-refractivity contribution in [1.82, 2.24) is 4.90 Å². The zero-order valence-corrected chi connectivity index (χ0v) is 21.5. The summed E-state index contributed by atoms with van der Waals surface area (Å²) in [4.78, 5) is 2.82. The van der Waals surface area contributed by atoms with E-state index < -0.39 is 11.2 Å². The number of nitrogens with zero attached hydrogens (tertiary/aromatic N) is 1. The Kier molecular flexibility index (Phi) is 4.08. The topological polar surface area (TPSA) is 62.2 Å². The summed E-state index contributed by atoms with van der Waals surface area (Å²) in [6.07, 6.45) is 7.64. The van der Waals surface area contributed by atoms with Crippen LogP contribution in [0.3, 0.4) is 0 Å². The van der Waals surface area contributed by atoms with Crippen molar-refractivity contribution in [2.75, 3.05) is 20.2 Å². The molecule has 2 spiro atoms. The van der Waals surface area contributed by atoms with Gasteiger partial charge >= 0.3 is 0 Å². The predicted octanol–water partition coefficient (Wildman–Crippen LogP) is 4.41. The summed E-state index contributed by atoms with van der Waals surface area (Å²) in [6, 6.07) is 4.46. The monoisotopic (exact) mass is 467 g/mol. The second kappa shape index (κ2) is 6.33. The molecule has 5 aliphatic carbocycles. The highest BCUT2D eigenvalue weighted by molar-refractivity contribution is 5.63. The maximum Gasteiger partial charge on any atom is 0.165 e. The van der Waals surface area contributed by atoms with Crippen molar-refractivity contribution in [3.63, 3.8) is 0 Å². The van der Waals surface area contributed by atoms with E-state index in [0.29, 0.717) is 11.8 Å². The van der Waals surface area contributed by atoms with E-state index in [-0.39, 0.29) is 34.0 Å². The van der Waals surface area contributed by atoms with Gasteiger partial charge in [-0.05, 0) is 81.4 Å². The molecule has 4 saturated carbocycles. The Morgan fingerprint density at radius 2 is 1.91 bits per heavy atom. The van der Waals surface area contributed by atoms with Crippen LogP contribution in [-0.4, -0.2) is 58.7 Å². The molecule has 7 atom stereocenters. The summed E-state index contributed by atoms with van der Waals surface area (Å²) in [5.74, 6) is 1.80. The molecule has 5 fully saturated rings. The maximum atomic E-state index is 12.2. The Hall–Kier alpha value is -1.30. The van der Waals surface area contributed by atoms with Crippen LogP contribution in [0.15, 0.2) is 12.1 Å². The standard InChI is InChI=1S/C29H41NO4/c1-25(2,3)26(4,32)20-15-27-10-11-29(20,33-5)24-28(27)12-13-30(16-17-6-7-17)21(27)14-18-8-9-19(31)23(34-24)22(18)28/h8-9,17,20-21,24,31-32H,6-7,10-16H2,1-5H3/t20?,21-,24-,26+,27-,28+,29-/m1/s1. The minimum Gasteiger partial charge on any atom is -0.504 e. The SMILES string of the molecule is CO[C@]12CC[C@@]3(CC1[C@](C)(O)C(C)(C)C)[C@H]1Cc4ccc(O)c5c4[C@@]3(CCN1CC1CC1)[C@H]2O5. The first-order valence-corrected chi connectivity index (χ1v) is 13.6. The third-order valence-corrected chi connectivity index (χ3v) is 11.9. The molecule has 5 heteroatoms. The van der Waals surface area contributed by atoms with Crippen LogP contribution < -0.4 is 4.74 Å². The van der Waals surface area contributed by atoms with Gasteiger partial charge in [-0.3, -0.25) is 4.90 Å². The Balaban J connectivity index is 1.47. The van der Waals surface area contributed by atoms with Gasteiger partial charge in [0.05, 0.1) is 5.60 Å². The fourth-order valence-electron chi connectivity index (χ4n) is 9.58. The summed E-state index contributed by atoms with van der Waals surface area (Å²) in [6.45, 7) is 10.8. The highest BCUT2D eigenvalue weighted by Crippen LogP contribution is 2.78. The summed E-state index contributed by atoms with van der Waals surface area (Å²) < 4.78 is 13.5. The van der Waals surface area contributed by atoms with Crippen LogP contribution in [0.5, 0.6) is 11.5 Å². The third-order valence-electron chi connectivity index (χ3n) is 11.9. The van der Waals surface area contributed by atoms with Crippen LogP contribution in [0.2, 0.25) is 0 Å². The molecular formula is C29H41NO4. The zero-order valence-electron chi connectivity index (χ0n) is 21.5. The third kappa shape index (κ3) is 2.25. The molecule has 1 aromatic rings. The number of fused-ring (bicyclic) bond motifs is 2. The van der Waals surface area contributed by atoms with Gasteiger partial charge in [-0.15, -0.1) is 0 Å². The fourth-order valence-corrected chi connectivity index (χ4v) is 9.58. The maximum absolute atomic E-state index is 12.2. The lowest BCUT2D eigenvalue weighted by Crippen LogP contribution is -2.83. The van der Waals surface area contributed by atoms with E-state index in [1.165, 1.54) is 30.5 Å². The highest BCUT2D eigenvalue weighted by atomic mass is 16.6. The second-order valence-corrected chi connectivity index (χ2v) is 13.8. The molecule has 0 amide bonds. The second-order valence-electron chi connectivity index (χ2n) is 13.8. The number of methoxy groups -OCH3 is 1. The molecule has 4 bridgehead atoms. The van der Waals surface area contributed by atoms with Gasteiger partial charge in [-0.2, -0.15) is 0 Å². The number of hydrogen-bond acceptors (Lipinski definition) is 5. The van der Waals surface area contributed by atoms with E-state index in [9.17, 15) is 10.2 Å². The van der Waals surface area contributed by atoms with Crippen molar-refractivity contribution < 1.29 is 19.7 Å². The van der Waals surface area contributed by atoms with E-state index in [2.05, 4.69) is 31.7 Å². The minimum absolute atomic E-state index is 0.0294. The van der Waals surface area contributed by atoms with Gasteiger partial charge in [0.15, 0.2) is 11.5 Å². The first-order valence-electron chi connectivity index (χ1n) is 13.6. The van der Waals surface area contributed by atoms with Gasteiger partial charge in [0.2, 0.25) is 0 Å². The average molecular weight is 468 g/mol. The van der Waals surface area contributed by atoms with Crippen LogP contribution >= 0.6 is 0 Å². The Morgan fingerprint density at radius 1 is 1.15 bits per heavy atom. The highest BCUT2D eigenvalue weighted by Gasteiger charge is 2.82. The molecular weight excluding hydrogens is 426 g/mol. The molecule has 2 heterocycles. The molecule has 7 aliphatic rings. The van der Waals surface area contributed by atoms with Crippen molar-refractivity contribution in [2.24, 2.45) is 22.7 Å². The first-order chi connectivity index (χ1) is 16.0. The van der Waals surface area contributed by atoms with Gasteiger partial charge in [0, 0.05) is 42.0 Å². The molecule has 5 nitrogen and oxygen atoms in total. The number of aromatic hydroxyl groups is 1. The molecule has 2 aliphatic heterocycles. The average Bonchev–Trinajstić information content (AvgIpc) is 3.53.